The van der Waals surface area contributed by atoms with Crippen LogP contribution in [0.3, 0.4) is 0 Å². The maximum absolute atomic E-state index is 11.9. The fourth-order valence-electron chi connectivity index (χ4n) is 1.72. The molecule has 122 valence electrons. The van der Waals surface area contributed by atoms with E-state index in [0.29, 0.717) is 17.9 Å². The third kappa shape index (κ3) is 4.77. The summed E-state index contributed by atoms with van der Waals surface area (Å²) in [4.78, 5) is 23.5. The monoisotopic (exact) mass is 318 g/mol. The average molecular weight is 318 g/mol. The van der Waals surface area contributed by atoms with Crippen LogP contribution in [0.15, 0.2) is 47.3 Å². The zero-order valence-corrected chi connectivity index (χ0v) is 12.9. The van der Waals surface area contributed by atoms with Crippen molar-refractivity contribution in [3.05, 3.63) is 48.4 Å². The van der Waals surface area contributed by atoms with Gasteiger partial charge in [-0.25, -0.2) is 0 Å². The molecule has 0 radical (unpaired) electrons. The normalized spacial score (nSPS) is 11.4. The molecule has 1 heterocycles. The van der Waals surface area contributed by atoms with Gasteiger partial charge in [0.2, 0.25) is 0 Å². The van der Waals surface area contributed by atoms with E-state index in [2.05, 4.69) is 10.9 Å². The second-order valence-electron chi connectivity index (χ2n) is 4.62. The minimum atomic E-state index is -0.780. The van der Waals surface area contributed by atoms with Crippen molar-refractivity contribution >= 4 is 11.8 Å². The molecule has 0 saturated heterocycles. The van der Waals surface area contributed by atoms with Crippen LogP contribution in [-0.2, 0) is 4.79 Å². The zero-order valence-electron chi connectivity index (χ0n) is 12.9. The Morgan fingerprint density at radius 3 is 2.43 bits per heavy atom. The molecule has 7 nitrogen and oxygen atoms in total. The van der Waals surface area contributed by atoms with Crippen LogP contribution >= 0.6 is 0 Å². The molecule has 2 N–H and O–H groups in total. The summed E-state index contributed by atoms with van der Waals surface area (Å²) in [5.74, 6) is 0.303. The summed E-state index contributed by atoms with van der Waals surface area (Å²) in [6.45, 7) is 4.06. The molecule has 0 saturated carbocycles. The first-order valence-corrected chi connectivity index (χ1v) is 7.12. The molecule has 1 atom stereocenters. The lowest BCUT2D eigenvalue weighted by Crippen LogP contribution is -2.47. The van der Waals surface area contributed by atoms with Gasteiger partial charge in [-0.1, -0.05) is 0 Å². The Hall–Kier alpha value is -2.96. The van der Waals surface area contributed by atoms with Crippen LogP contribution in [0.2, 0.25) is 0 Å². The highest BCUT2D eigenvalue weighted by Gasteiger charge is 2.16. The van der Waals surface area contributed by atoms with Crippen molar-refractivity contribution in [1.29, 1.82) is 0 Å². The Balaban J connectivity index is 1.81. The molecule has 7 heteroatoms. The topological polar surface area (TPSA) is 89.8 Å². The highest BCUT2D eigenvalue weighted by molar-refractivity contribution is 5.95. The van der Waals surface area contributed by atoms with Crippen molar-refractivity contribution in [2.75, 3.05) is 6.61 Å². The molecule has 1 aromatic heterocycles. The molecule has 23 heavy (non-hydrogen) atoms. The summed E-state index contributed by atoms with van der Waals surface area (Å²) in [5.41, 5.74) is 4.88. The highest BCUT2D eigenvalue weighted by Crippen LogP contribution is 2.18. The molecule has 0 aliphatic rings. The number of ether oxygens (including phenoxy) is 2. The van der Waals surface area contributed by atoms with E-state index in [4.69, 9.17) is 13.9 Å². The van der Waals surface area contributed by atoms with E-state index < -0.39 is 17.9 Å². The van der Waals surface area contributed by atoms with Gasteiger partial charge in [0.15, 0.2) is 6.10 Å². The van der Waals surface area contributed by atoms with Crippen molar-refractivity contribution < 1.29 is 23.5 Å². The molecule has 1 unspecified atom stereocenters. The number of hydrazine groups is 1. The number of rotatable bonds is 6. The van der Waals surface area contributed by atoms with Crippen molar-refractivity contribution in [3.63, 3.8) is 0 Å². The maximum Gasteiger partial charge on any atom is 0.279 e. The van der Waals surface area contributed by atoms with Gasteiger partial charge in [0, 0.05) is 0 Å². The SMILES string of the molecule is CCOc1ccc(OC(C)C(=O)NNC(=O)c2ccoc2)cc1. The number of nitrogens with one attached hydrogen (secondary N) is 2. The highest BCUT2D eigenvalue weighted by atomic mass is 16.5. The van der Waals surface area contributed by atoms with Crippen LogP contribution in [-0.4, -0.2) is 24.5 Å². The van der Waals surface area contributed by atoms with Crippen LogP contribution < -0.4 is 20.3 Å². The second-order valence-corrected chi connectivity index (χ2v) is 4.62. The molecule has 1 aromatic carbocycles. The minimum Gasteiger partial charge on any atom is -0.494 e. The molecular formula is C16H18N2O5. The predicted molar refractivity (Wildman–Crippen MR) is 82.0 cm³/mol. The number of carbonyl (C=O) groups excluding carboxylic acids is 2. The fourth-order valence-corrected chi connectivity index (χ4v) is 1.72. The number of hydrogen-bond donors (Lipinski definition) is 2. The molecule has 0 aliphatic heterocycles. The molecule has 2 aromatic rings. The van der Waals surface area contributed by atoms with E-state index >= 15 is 0 Å². The Morgan fingerprint density at radius 1 is 1.13 bits per heavy atom. The summed E-state index contributed by atoms with van der Waals surface area (Å²) in [6, 6.07) is 8.41. The Morgan fingerprint density at radius 2 is 1.83 bits per heavy atom. The van der Waals surface area contributed by atoms with Crippen LogP contribution in [0, 0.1) is 0 Å². The van der Waals surface area contributed by atoms with E-state index in [-0.39, 0.29) is 0 Å². The molecule has 0 spiro atoms. The van der Waals surface area contributed by atoms with Crippen molar-refractivity contribution in [2.24, 2.45) is 0 Å². The summed E-state index contributed by atoms with van der Waals surface area (Å²) in [7, 11) is 0. The maximum atomic E-state index is 11.9. The van der Waals surface area contributed by atoms with Gasteiger partial charge >= 0.3 is 0 Å². The van der Waals surface area contributed by atoms with Gasteiger partial charge < -0.3 is 13.9 Å². The molecule has 0 aliphatic carbocycles. The minimum absolute atomic E-state index is 0.311. The summed E-state index contributed by atoms with van der Waals surface area (Å²) >= 11 is 0. The Bertz CT molecular complexity index is 637. The average Bonchev–Trinajstić information content (AvgIpc) is 3.09. The predicted octanol–water partition coefficient (Wildman–Crippen LogP) is 1.91. The van der Waals surface area contributed by atoms with Crippen LogP contribution in [0.1, 0.15) is 24.2 Å². The van der Waals surface area contributed by atoms with Crippen molar-refractivity contribution in [2.45, 2.75) is 20.0 Å². The van der Waals surface area contributed by atoms with Crippen LogP contribution in [0.25, 0.3) is 0 Å². The lowest BCUT2D eigenvalue weighted by molar-refractivity contribution is -0.128. The Labute approximate surface area is 133 Å². The molecule has 2 rings (SSSR count). The van der Waals surface area contributed by atoms with E-state index in [0.717, 1.165) is 5.75 Å². The van der Waals surface area contributed by atoms with Crippen molar-refractivity contribution in [1.82, 2.24) is 10.9 Å². The van der Waals surface area contributed by atoms with E-state index in [1.165, 1.54) is 18.6 Å². The Kier molecular flexibility index (Phi) is 5.62. The summed E-state index contributed by atoms with van der Waals surface area (Å²) < 4.78 is 15.6. The zero-order chi connectivity index (χ0) is 16.7. The molecule has 0 bridgehead atoms. The number of furan rings is 1. The molecule has 2 amide bonds. The summed E-state index contributed by atoms with van der Waals surface area (Å²) in [5, 5.41) is 0. The number of hydrogen-bond acceptors (Lipinski definition) is 5. The first-order chi connectivity index (χ1) is 11.1. The van der Waals surface area contributed by atoms with E-state index in [9.17, 15) is 9.59 Å². The quantitative estimate of drug-likeness (QED) is 0.794. The van der Waals surface area contributed by atoms with Gasteiger partial charge in [-0.05, 0) is 44.2 Å². The fraction of sp³-hybridized carbons (Fsp3) is 0.250. The number of benzene rings is 1. The second kappa shape index (κ2) is 7.88. The molecular weight excluding hydrogens is 300 g/mol. The standard InChI is InChI=1S/C16H18N2O5/c1-3-22-13-4-6-14(7-5-13)23-11(2)15(19)17-18-16(20)12-8-9-21-10-12/h4-11H,3H2,1-2H3,(H,17,19)(H,18,20). The lowest BCUT2D eigenvalue weighted by Gasteiger charge is -2.15. The van der Waals surface area contributed by atoms with Gasteiger partial charge in [0.05, 0.1) is 18.4 Å². The van der Waals surface area contributed by atoms with Gasteiger partial charge in [-0.3, -0.25) is 20.4 Å². The first-order valence-electron chi connectivity index (χ1n) is 7.12. The van der Waals surface area contributed by atoms with Gasteiger partial charge in [0.25, 0.3) is 11.8 Å². The molecule has 0 fully saturated rings. The number of amides is 2. The van der Waals surface area contributed by atoms with E-state index in [1.807, 2.05) is 6.92 Å². The van der Waals surface area contributed by atoms with Crippen LogP contribution in [0.4, 0.5) is 0 Å². The van der Waals surface area contributed by atoms with Gasteiger partial charge in [0.1, 0.15) is 17.8 Å². The lowest BCUT2D eigenvalue weighted by atomic mass is 10.3. The third-order valence-electron chi connectivity index (χ3n) is 2.90. The van der Waals surface area contributed by atoms with Gasteiger partial charge in [-0.15, -0.1) is 0 Å². The summed E-state index contributed by atoms with van der Waals surface area (Å²) in [6.07, 6.45) is 1.87. The van der Waals surface area contributed by atoms with Crippen molar-refractivity contribution in [3.8, 4) is 11.5 Å². The smallest absolute Gasteiger partial charge is 0.279 e. The van der Waals surface area contributed by atoms with Gasteiger partial charge in [-0.2, -0.15) is 0 Å². The third-order valence-corrected chi connectivity index (χ3v) is 2.90. The first kappa shape index (κ1) is 16.4. The number of carbonyl (C=O) groups is 2. The van der Waals surface area contributed by atoms with E-state index in [1.54, 1.807) is 31.2 Å². The largest absolute Gasteiger partial charge is 0.494 e. The van der Waals surface area contributed by atoms with Crippen LogP contribution in [0.5, 0.6) is 11.5 Å².